The van der Waals surface area contributed by atoms with Gasteiger partial charge < -0.3 is 27.1 Å². The summed E-state index contributed by atoms with van der Waals surface area (Å²) in [5, 5.41) is 0. The summed E-state index contributed by atoms with van der Waals surface area (Å²) in [6.45, 7) is 8.85. The zero-order chi connectivity index (χ0) is 28.3. The van der Waals surface area contributed by atoms with Crippen LogP contribution in [0.4, 0.5) is 0 Å². The van der Waals surface area contributed by atoms with Crippen LogP contribution in [0, 0.1) is 11.8 Å². The summed E-state index contributed by atoms with van der Waals surface area (Å²) >= 11 is 0. The second-order valence-corrected chi connectivity index (χ2v) is 17.4. The Kier molecular flexibility index (Phi) is 15.5. The molecule has 0 radical (unpaired) electrons. The molecule has 0 spiro atoms. The molecule has 0 aromatic carbocycles. The first-order chi connectivity index (χ1) is 18.0. The first-order valence-corrected chi connectivity index (χ1v) is 18.9. The molecule has 0 atom stereocenters. The van der Waals surface area contributed by atoms with Crippen molar-refractivity contribution in [3.05, 3.63) is 0 Å². The van der Waals surface area contributed by atoms with Gasteiger partial charge in [0.25, 0.3) is 8.53 Å². The van der Waals surface area contributed by atoms with Gasteiger partial charge in [-0.1, -0.05) is 0 Å². The van der Waals surface area contributed by atoms with Gasteiger partial charge in [-0.05, 0) is 104 Å². The van der Waals surface area contributed by atoms with Crippen molar-refractivity contribution in [2.75, 3.05) is 40.8 Å². The van der Waals surface area contributed by atoms with E-state index in [0.717, 1.165) is 64.2 Å². The highest BCUT2D eigenvalue weighted by atomic mass is 31.2. The maximum Gasteiger partial charge on any atom is 0.330 e. The van der Waals surface area contributed by atoms with Crippen molar-refractivity contribution in [1.82, 2.24) is 4.67 Å². The summed E-state index contributed by atoms with van der Waals surface area (Å²) in [5.74, 6) is 1.04. The van der Waals surface area contributed by atoms with Gasteiger partial charge in [0.15, 0.2) is 0 Å². The Morgan fingerprint density at radius 3 is 1.21 bits per heavy atom. The van der Waals surface area contributed by atoms with E-state index in [1.165, 1.54) is 28.4 Å². The lowest BCUT2D eigenvalue weighted by atomic mass is 9.86. The molecular formula is C26H54NO8P3. The lowest BCUT2D eigenvalue weighted by molar-refractivity contribution is 0.0585. The SMILES string of the molecule is COP(=O)(CCC1CCC(OP(OC2CCC(CCP(=O)(OC)OC)CC2)N(C(C)C)C(C)C)CC1)OC. The molecular weight excluding hydrogens is 547 g/mol. The van der Waals surface area contributed by atoms with E-state index >= 15 is 0 Å². The summed E-state index contributed by atoms with van der Waals surface area (Å²) in [5.41, 5.74) is 0. The van der Waals surface area contributed by atoms with E-state index in [-0.39, 0.29) is 12.2 Å². The summed E-state index contributed by atoms with van der Waals surface area (Å²) in [4.78, 5) is 0. The van der Waals surface area contributed by atoms with Crippen molar-refractivity contribution in [3.8, 4) is 0 Å². The van der Waals surface area contributed by atoms with E-state index in [0.29, 0.717) is 36.2 Å². The minimum absolute atomic E-state index is 0.183. The van der Waals surface area contributed by atoms with Crippen LogP contribution in [-0.4, -0.2) is 69.7 Å². The molecule has 0 aromatic heterocycles. The fourth-order valence-electron chi connectivity index (χ4n) is 5.61. The fraction of sp³-hybridized carbons (Fsp3) is 1.00. The Balaban J connectivity index is 1.90. The predicted octanol–water partition coefficient (Wildman–Crippen LogP) is 8.23. The van der Waals surface area contributed by atoms with Crippen LogP contribution in [0.3, 0.4) is 0 Å². The quantitative estimate of drug-likeness (QED) is 0.153. The molecule has 0 unspecified atom stereocenters. The van der Waals surface area contributed by atoms with Crippen molar-refractivity contribution in [1.29, 1.82) is 0 Å². The standard InChI is InChI=1S/C26H54NO8P3/c1-21(2)27(22(3)4)36(34-25-13-9-23(10-14-25)17-19-37(28,30-5)31-6)35-26-15-11-24(12-16-26)18-20-38(29,32-7)33-8/h21-26H,9-20H2,1-8H3. The minimum atomic E-state index is -2.94. The fourth-order valence-corrected chi connectivity index (χ4v) is 9.95. The molecule has 12 heteroatoms. The van der Waals surface area contributed by atoms with Crippen molar-refractivity contribution < 1.29 is 36.3 Å². The highest BCUT2D eigenvalue weighted by Crippen LogP contribution is 2.53. The predicted molar refractivity (Wildman–Crippen MR) is 155 cm³/mol. The third-order valence-corrected chi connectivity index (χ3v) is 14.1. The highest BCUT2D eigenvalue weighted by Gasteiger charge is 2.35. The van der Waals surface area contributed by atoms with Crippen LogP contribution >= 0.6 is 23.7 Å². The first kappa shape index (κ1) is 34.8. The zero-order valence-corrected chi connectivity index (χ0v) is 27.7. The van der Waals surface area contributed by atoms with E-state index in [4.69, 9.17) is 27.1 Å². The highest BCUT2D eigenvalue weighted by molar-refractivity contribution is 7.54. The maximum atomic E-state index is 12.4. The van der Waals surface area contributed by atoms with Gasteiger partial charge in [-0.3, -0.25) is 9.13 Å². The van der Waals surface area contributed by atoms with Crippen LogP contribution in [0.1, 0.15) is 91.9 Å². The molecule has 0 saturated heterocycles. The lowest BCUT2D eigenvalue weighted by Gasteiger charge is -2.41. The summed E-state index contributed by atoms with van der Waals surface area (Å²) < 4.78 is 61.2. The van der Waals surface area contributed by atoms with Gasteiger partial charge >= 0.3 is 15.2 Å². The second kappa shape index (κ2) is 16.9. The summed E-state index contributed by atoms with van der Waals surface area (Å²) in [7, 11) is -1.23. The second-order valence-electron chi connectivity index (χ2n) is 11.3. The van der Waals surface area contributed by atoms with Gasteiger partial charge in [-0.25, -0.2) is 4.67 Å². The molecule has 0 heterocycles. The first-order valence-electron chi connectivity index (χ1n) is 14.3. The molecule has 2 rings (SSSR count). The van der Waals surface area contributed by atoms with Gasteiger partial charge in [-0.15, -0.1) is 0 Å². The molecule has 0 aromatic rings. The van der Waals surface area contributed by atoms with Crippen molar-refractivity contribution in [2.24, 2.45) is 11.8 Å². The molecule has 2 aliphatic rings. The third-order valence-electron chi connectivity index (χ3n) is 8.05. The Morgan fingerprint density at radius 2 is 0.947 bits per heavy atom. The number of hydrogen-bond acceptors (Lipinski definition) is 9. The monoisotopic (exact) mass is 601 g/mol. The average molecular weight is 602 g/mol. The molecule has 2 fully saturated rings. The van der Waals surface area contributed by atoms with Gasteiger partial charge in [0.05, 0.1) is 24.5 Å². The molecule has 9 nitrogen and oxygen atoms in total. The number of nitrogens with zero attached hydrogens (tertiary/aromatic N) is 1. The Hall–Kier alpha value is 0.610. The van der Waals surface area contributed by atoms with Crippen molar-refractivity contribution >= 4 is 23.7 Å². The average Bonchev–Trinajstić information content (AvgIpc) is 2.91. The van der Waals surface area contributed by atoms with E-state index in [1.54, 1.807) is 0 Å². The molecule has 0 aliphatic heterocycles. The van der Waals surface area contributed by atoms with Crippen molar-refractivity contribution in [2.45, 2.75) is 116 Å². The van der Waals surface area contributed by atoms with E-state index in [2.05, 4.69) is 32.4 Å². The summed E-state index contributed by atoms with van der Waals surface area (Å²) in [6, 6.07) is 0.645. The molecule has 226 valence electrons. The van der Waals surface area contributed by atoms with Crippen LogP contribution in [0.5, 0.6) is 0 Å². The van der Waals surface area contributed by atoms with E-state index in [1.807, 2.05) is 0 Å². The van der Waals surface area contributed by atoms with Gasteiger partial charge in [0.1, 0.15) is 0 Å². The largest absolute Gasteiger partial charge is 0.330 e. The zero-order valence-electron chi connectivity index (χ0n) is 25.0. The smallest absolute Gasteiger partial charge is 0.319 e. The van der Waals surface area contributed by atoms with Crippen LogP contribution in [0.25, 0.3) is 0 Å². The Morgan fingerprint density at radius 1 is 0.632 bits per heavy atom. The van der Waals surface area contributed by atoms with Crippen LogP contribution in [0.15, 0.2) is 0 Å². The Bertz CT molecular complexity index is 679. The van der Waals surface area contributed by atoms with Gasteiger partial charge in [-0.2, -0.15) is 0 Å². The minimum Gasteiger partial charge on any atom is -0.319 e. The topological polar surface area (TPSA) is 92.8 Å². The number of hydrogen-bond donors (Lipinski definition) is 0. The lowest BCUT2D eigenvalue weighted by Crippen LogP contribution is -2.36. The van der Waals surface area contributed by atoms with Gasteiger partial charge in [0, 0.05) is 40.5 Å². The molecule has 38 heavy (non-hydrogen) atoms. The Labute approximate surface area is 233 Å². The number of rotatable bonds is 17. The summed E-state index contributed by atoms with van der Waals surface area (Å²) in [6.07, 6.45) is 11.2. The van der Waals surface area contributed by atoms with Gasteiger partial charge in [0.2, 0.25) is 0 Å². The molecule has 0 bridgehead atoms. The van der Waals surface area contributed by atoms with Crippen LogP contribution in [0.2, 0.25) is 0 Å². The van der Waals surface area contributed by atoms with Crippen LogP contribution < -0.4 is 0 Å². The molecule has 2 saturated carbocycles. The van der Waals surface area contributed by atoms with Crippen molar-refractivity contribution in [3.63, 3.8) is 0 Å². The molecule has 0 N–H and O–H groups in total. The van der Waals surface area contributed by atoms with E-state index < -0.39 is 23.7 Å². The van der Waals surface area contributed by atoms with E-state index in [9.17, 15) is 9.13 Å². The third kappa shape index (κ3) is 11.1. The van der Waals surface area contributed by atoms with Crippen LogP contribution in [-0.2, 0) is 36.3 Å². The molecule has 0 amide bonds. The maximum absolute atomic E-state index is 12.4. The molecule has 2 aliphatic carbocycles. The normalized spacial score (nSPS) is 26.4.